The van der Waals surface area contributed by atoms with E-state index >= 15 is 0 Å². The Morgan fingerprint density at radius 3 is 2.56 bits per heavy atom. The molecule has 4 heteroatoms. The number of amides is 1. The minimum Gasteiger partial charge on any atom is -0.457 e. The van der Waals surface area contributed by atoms with Crippen LogP contribution in [0.5, 0.6) is 11.5 Å². The fourth-order valence-corrected chi connectivity index (χ4v) is 3.78. The van der Waals surface area contributed by atoms with Crippen LogP contribution in [0.4, 0.5) is 0 Å². The largest absolute Gasteiger partial charge is 0.457 e. The molecule has 144 valence electrons. The van der Waals surface area contributed by atoms with Crippen LogP contribution in [0.3, 0.4) is 0 Å². The highest BCUT2D eigenvalue weighted by atomic mass is 16.5. The smallest absolute Gasteiger partial charge is 0.226 e. The quantitative estimate of drug-likeness (QED) is 0.720. The van der Waals surface area contributed by atoms with E-state index in [0.29, 0.717) is 5.91 Å². The summed E-state index contributed by atoms with van der Waals surface area (Å²) in [4.78, 5) is 17.1. The van der Waals surface area contributed by atoms with Crippen molar-refractivity contribution in [3.05, 3.63) is 60.2 Å². The normalized spacial score (nSPS) is 17.5. The summed E-state index contributed by atoms with van der Waals surface area (Å²) in [7, 11) is 0. The molecule has 2 aromatic rings. The highest BCUT2D eigenvalue weighted by Gasteiger charge is 2.28. The molecule has 0 saturated carbocycles. The molecule has 1 aliphatic rings. The van der Waals surface area contributed by atoms with Crippen LogP contribution >= 0.6 is 0 Å². The first kappa shape index (κ1) is 19.4. The number of hydrogen-bond acceptors (Lipinski definition) is 3. The van der Waals surface area contributed by atoms with E-state index in [4.69, 9.17) is 4.74 Å². The molecule has 1 heterocycles. The second kappa shape index (κ2) is 9.56. The first-order valence-electron chi connectivity index (χ1n) is 10.0. The fraction of sp³-hybridized carbons (Fsp3) is 0.435. The number of benzene rings is 2. The Balaban J connectivity index is 1.61. The standard InChI is InChI=1S/C23H30N2O2/c1-3-25(4-2)23(26)20-11-9-15-24(18-20)17-19-10-8-14-22(16-19)27-21-12-6-5-7-13-21/h5-8,10,12-14,16,20H,3-4,9,11,15,17-18H2,1-2H3/t20-/m1/s1. The van der Waals surface area contributed by atoms with E-state index in [0.717, 1.165) is 57.1 Å². The van der Waals surface area contributed by atoms with Crippen LogP contribution < -0.4 is 4.74 Å². The van der Waals surface area contributed by atoms with Crippen molar-refractivity contribution in [3.63, 3.8) is 0 Å². The van der Waals surface area contributed by atoms with Crippen LogP contribution in [0.25, 0.3) is 0 Å². The average molecular weight is 367 g/mol. The van der Waals surface area contributed by atoms with Gasteiger partial charge in [0.2, 0.25) is 5.91 Å². The van der Waals surface area contributed by atoms with Gasteiger partial charge in [-0.1, -0.05) is 30.3 Å². The first-order valence-corrected chi connectivity index (χ1v) is 10.0. The molecule has 27 heavy (non-hydrogen) atoms. The van der Waals surface area contributed by atoms with Crippen LogP contribution in [0, 0.1) is 5.92 Å². The van der Waals surface area contributed by atoms with Crippen molar-refractivity contribution in [2.75, 3.05) is 26.2 Å². The van der Waals surface area contributed by atoms with Gasteiger partial charge in [0.15, 0.2) is 0 Å². The molecule has 3 rings (SSSR count). The van der Waals surface area contributed by atoms with Gasteiger partial charge in [0.25, 0.3) is 0 Å². The van der Waals surface area contributed by atoms with E-state index in [1.807, 2.05) is 47.4 Å². The van der Waals surface area contributed by atoms with Gasteiger partial charge in [-0.25, -0.2) is 0 Å². The Hall–Kier alpha value is -2.33. The van der Waals surface area contributed by atoms with E-state index in [-0.39, 0.29) is 5.92 Å². The maximum atomic E-state index is 12.7. The summed E-state index contributed by atoms with van der Waals surface area (Å²) in [6, 6.07) is 18.1. The molecule has 0 spiro atoms. The minimum atomic E-state index is 0.127. The number of carbonyl (C=O) groups excluding carboxylic acids is 1. The minimum absolute atomic E-state index is 0.127. The third kappa shape index (κ3) is 5.33. The first-order chi connectivity index (χ1) is 13.2. The van der Waals surface area contributed by atoms with Crippen LogP contribution in [0.2, 0.25) is 0 Å². The summed E-state index contributed by atoms with van der Waals surface area (Å²) < 4.78 is 5.95. The van der Waals surface area contributed by atoms with E-state index < -0.39 is 0 Å². The molecular formula is C23H30N2O2. The summed E-state index contributed by atoms with van der Waals surface area (Å²) in [5.41, 5.74) is 1.22. The van der Waals surface area contributed by atoms with Crippen molar-refractivity contribution in [3.8, 4) is 11.5 Å². The molecule has 0 radical (unpaired) electrons. The van der Waals surface area contributed by atoms with Gasteiger partial charge in [-0.3, -0.25) is 9.69 Å². The predicted molar refractivity (Wildman–Crippen MR) is 109 cm³/mol. The van der Waals surface area contributed by atoms with Gasteiger partial charge in [0, 0.05) is 26.2 Å². The van der Waals surface area contributed by atoms with Crippen LogP contribution in [-0.4, -0.2) is 41.9 Å². The van der Waals surface area contributed by atoms with Crippen molar-refractivity contribution < 1.29 is 9.53 Å². The number of carbonyl (C=O) groups is 1. The molecule has 2 aromatic carbocycles. The van der Waals surface area contributed by atoms with Crippen molar-refractivity contribution in [2.45, 2.75) is 33.2 Å². The lowest BCUT2D eigenvalue weighted by molar-refractivity contribution is -0.137. The van der Waals surface area contributed by atoms with Gasteiger partial charge in [-0.05, 0) is 63.1 Å². The SMILES string of the molecule is CCN(CC)C(=O)[C@@H]1CCCN(Cc2cccc(Oc3ccccc3)c2)C1. The number of para-hydroxylation sites is 1. The number of hydrogen-bond donors (Lipinski definition) is 0. The summed E-state index contributed by atoms with van der Waals surface area (Å²) >= 11 is 0. The zero-order chi connectivity index (χ0) is 19.1. The molecule has 1 fully saturated rings. The molecule has 1 aliphatic heterocycles. The zero-order valence-electron chi connectivity index (χ0n) is 16.4. The highest BCUT2D eigenvalue weighted by molar-refractivity contribution is 5.79. The summed E-state index contributed by atoms with van der Waals surface area (Å²) in [5, 5.41) is 0. The number of rotatable bonds is 7. The maximum absolute atomic E-state index is 12.7. The van der Waals surface area contributed by atoms with Crippen LogP contribution in [0.15, 0.2) is 54.6 Å². The van der Waals surface area contributed by atoms with E-state index in [1.54, 1.807) is 0 Å². The molecule has 0 unspecified atom stereocenters. The summed E-state index contributed by atoms with van der Waals surface area (Å²) in [6.07, 6.45) is 2.08. The lowest BCUT2D eigenvalue weighted by atomic mass is 9.96. The topological polar surface area (TPSA) is 32.8 Å². The number of nitrogens with zero attached hydrogens (tertiary/aromatic N) is 2. The van der Waals surface area contributed by atoms with Gasteiger partial charge in [0.05, 0.1) is 5.92 Å². The van der Waals surface area contributed by atoms with Crippen molar-refractivity contribution in [1.82, 2.24) is 9.80 Å². The monoisotopic (exact) mass is 366 g/mol. The number of ether oxygens (including phenoxy) is 1. The molecule has 0 aromatic heterocycles. The lowest BCUT2D eigenvalue weighted by Crippen LogP contribution is -2.44. The Labute approximate surface area is 162 Å². The van der Waals surface area contributed by atoms with Crippen LogP contribution in [-0.2, 0) is 11.3 Å². The fourth-order valence-electron chi connectivity index (χ4n) is 3.78. The van der Waals surface area contributed by atoms with Crippen molar-refractivity contribution >= 4 is 5.91 Å². The Bertz CT molecular complexity index is 728. The highest BCUT2D eigenvalue weighted by Crippen LogP contribution is 2.24. The van der Waals surface area contributed by atoms with Crippen molar-refractivity contribution in [2.24, 2.45) is 5.92 Å². The van der Waals surface area contributed by atoms with Gasteiger partial charge < -0.3 is 9.64 Å². The Morgan fingerprint density at radius 2 is 1.81 bits per heavy atom. The van der Waals surface area contributed by atoms with Crippen LogP contribution in [0.1, 0.15) is 32.3 Å². The zero-order valence-corrected chi connectivity index (χ0v) is 16.4. The second-order valence-corrected chi connectivity index (χ2v) is 7.15. The number of likely N-dealkylation sites (tertiary alicyclic amines) is 1. The molecule has 1 saturated heterocycles. The molecule has 0 bridgehead atoms. The maximum Gasteiger partial charge on any atom is 0.226 e. The molecule has 1 amide bonds. The molecule has 1 atom stereocenters. The average Bonchev–Trinajstić information content (AvgIpc) is 2.70. The third-order valence-corrected chi connectivity index (χ3v) is 5.21. The predicted octanol–water partition coefficient (Wildman–Crippen LogP) is 4.56. The van der Waals surface area contributed by atoms with Gasteiger partial charge in [0.1, 0.15) is 11.5 Å². The third-order valence-electron chi connectivity index (χ3n) is 5.21. The molecule has 4 nitrogen and oxygen atoms in total. The Kier molecular flexibility index (Phi) is 6.88. The Morgan fingerprint density at radius 1 is 1.07 bits per heavy atom. The lowest BCUT2D eigenvalue weighted by Gasteiger charge is -2.34. The molecular weight excluding hydrogens is 336 g/mol. The molecule has 0 aliphatic carbocycles. The van der Waals surface area contributed by atoms with E-state index in [2.05, 4.69) is 30.9 Å². The van der Waals surface area contributed by atoms with E-state index in [1.165, 1.54) is 5.56 Å². The summed E-state index contributed by atoms with van der Waals surface area (Å²) in [5.74, 6) is 2.14. The van der Waals surface area contributed by atoms with Gasteiger partial charge in [-0.15, -0.1) is 0 Å². The van der Waals surface area contributed by atoms with Crippen molar-refractivity contribution in [1.29, 1.82) is 0 Å². The van der Waals surface area contributed by atoms with Gasteiger partial charge in [-0.2, -0.15) is 0 Å². The second-order valence-electron chi connectivity index (χ2n) is 7.15. The molecule has 0 N–H and O–H groups in total. The van der Waals surface area contributed by atoms with E-state index in [9.17, 15) is 4.79 Å². The summed E-state index contributed by atoms with van der Waals surface area (Å²) in [6.45, 7) is 8.45. The number of piperidine rings is 1. The van der Waals surface area contributed by atoms with Gasteiger partial charge >= 0.3 is 0 Å².